The molecule has 1 fully saturated rings. The Labute approximate surface area is 178 Å². The van der Waals surface area contributed by atoms with E-state index in [9.17, 15) is 9.59 Å². The highest BCUT2D eigenvalue weighted by Gasteiger charge is 2.22. The summed E-state index contributed by atoms with van der Waals surface area (Å²) in [5, 5.41) is 4.18. The molecule has 0 radical (unpaired) electrons. The fraction of sp³-hybridized carbons (Fsp3) is 0.261. The first-order valence-corrected chi connectivity index (χ1v) is 11.0. The minimum absolute atomic E-state index is 0.0415. The molecule has 2 aromatic carbocycles. The number of rotatable bonds is 4. The van der Waals surface area contributed by atoms with Gasteiger partial charge in [-0.1, -0.05) is 42.5 Å². The lowest BCUT2D eigenvalue weighted by Gasteiger charge is -2.34. The van der Waals surface area contributed by atoms with E-state index in [4.69, 9.17) is 0 Å². The lowest BCUT2D eigenvalue weighted by molar-refractivity contribution is -0.132. The molecule has 1 amide bonds. The zero-order valence-corrected chi connectivity index (χ0v) is 17.3. The zero-order valence-electron chi connectivity index (χ0n) is 16.5. The Balaban J connectivity index is 1.22. The Morgan fingerprint density at radius 1 is 1.03 bits per heavy atom. The van der Waals surface area contributed by atoms with Gasteiger partial charge in [-0.3, -0.25) is 18.9 Å². The van der Waals surface area contributed by atoms with E-state index in [1.807, 2.05) is 34.5 Å². The second-order valence-corrected chi connectivity index (χ2v) is 8.49. The van der Waals surface area contributed by atoms with E-state index >= 15 is 0 Å². The summed E-state index contributed by atoms with van der Waals surface area (Å²) >= 11 is 1.46. The molecule has 1 saturated heterocycles. The van der Waals surface area contributed by atoms with Gasteiger partial charge in [-0.05, 0) is 16.3 Å². The lowest BCUT2D eigenvalue weighted by atomic mass is 10.0. The number of hydrogen-bond acceptors (Lipinski definition) is 5. The second-order valence-electron chi connectivity index (χ2n) is 7.61. The third-order valence-electron chi connectivity index (χ3n) is 5.69. The van der Waals surface area contributed by atoms with E-state index in [1.165, 1.54) is 16.7 Å². The molecule has 1 aliphatic heterocycles. The number of aromatic nitrogens is 2. The quantitative estimate of drug-likeness (QED) is 0.511. The van der Waals surface area contributed by atoms with Crippen LogP contribution in [0.5, 0.6) is 0 Å². The second kappa shape index (κ2) is 8.01. The van der Waals surface area contributed by atoms with Crippen LogP contribution in [0.25, 0.3) is 15.7 Å². The van der Waals surface area contributed by atoms with Crippen molar-refractivity contribution in [2.75, 3.05) is 26.2 Å². The van der Waals surface area contributed by atoms with Crippen molar-refractivity contribution < 1.29 is 4.79 Å². The third kappa shape index (κ3) is 3.74. The Hall–Kier alpha value is -3.03. The van der Waals surface area contributed by atoms with Crippen molar-refractivity contribution in [3.63, 3.8) is 0 Å². The smallest absolute Gasteiger partial charge is 0.258 e. The summed E-state index contributed by atoms with van der Waals surface area (Å²) < 4.78 is 1.57. The summed E-state index contributed by atoms with van der Waals surface area (Å²) in [5.74, 6) is 0.169. The van der Waals surface area contributed by atoms with Gasteiger partial charge in [0.05, 0.1) is 12.1 Å². The highest BCUT2D eigenvalue weighted by molar-refractivity contribution is 7.15. The van der Waals surface area contributed by atoms with E-state index in [0.717, 1.165) is 34.7 Å². The van der Waals surface area contributed by atoms with Gasteiger partial charge in [0, 0.05) is 50.4 Å². The van der Waals surface area contributed by atoms with Crippen LogP contribution in [0.3, 0.4) is 0 Å². The van der Waals surface area contributed by atoms with Crippen LogP contribution in [0, 0.1) is 0 Å². The summed E-state index contributed by atoms with van der Waals surface area (Å²) in [6.07, 6.45) is 2.17. The minimum atomic E-state index is -0.0415. The summed E-state index contributed by atoms with van der Waals surface area (Å²) in [4.78, 5) is 34.6. The largest absolute Gasteiger partial charge is 0.340 e. The van der Waals surface area contributed by atoms with E-state index in [0.29, 0.717) is 26.1 Å². The maximum absolute atomic E-state index is 12.9. The highest BCUT2D eigenvalue weighted by atomic mass is 32.1. The van der Waals surface area contributed by atoms with Crippen LogP contribution in [-0.4, -0.2) is 51.3 Å². The van der Waals surface area contributed by atoms with Crippen molar-refractivity contribution in [3.05, 3.63) is 81.7 Å². The number of amides is 1. The number of nitrogens with zero attached hydrogens (tertiary/aromatic N) is 4. The lowest BCUT2D eigenvalue weighted by Crippen LogP contribution is -2.48. The molecule has 0 atom stereocenters. The van der Waals surface area contributed by atoms with Crippen molar-refractivity contribution in [1.29, 1.82) is 0 Å². The van der Waals surface area contributed by atoms with Gasteiger partial charge in [0.25, 0.3) is 5.56 Å². The number of carbonyl (C=O) groups excluding carboxylic acids is 1. The van der Waals surface area contributed by atoms with Crippen LogP contribution in [0.1, 0.15) is 11.3 Å². The molecule has 2 aromatic heterocycles. The fourth-order valence-corrected chi connectivity index (χ4v) is 4.81. The minimum Gasteiger partial charge on any atom is -0.340 e. The van der Waals surface area contributed by atoms with Crippen molar-refractivity contribution in [3.8, 4) is 0 Å². The molecular formula is C23H22N4O2S. The van der Waals surface area contributed by atoms with Gasteiger partial charge in [-0.25, -0.2) is 4.98 Å². The van der Waals surface area contributed by atoms with Crippen LogP contribution in [0.15, 0.2) is 64.9 Å². The van der Waals surface area contributed by atoms with Crippen LogP contribution in [0.4, 0.5) is 0 Å². The van der Waals surface area contributed by atoms with E-state index in [-0.39, 0.29) is 11.5 Å². The van der Waals surface area contributed by atoms with Crippen LogP contribution in [0.2, 0.25) is 0 Å². The standard InChI is InChI=1S/C23H22N4O2S/c28-21(14-18-6-3-5-17-4-1-2-7-20(17)18)26-10-8-25(9-11-26)16-19-15-22(29)27-12-13-30-23(27)24-19/h1-7,12-13,15H,8-11,14,16H2. The number of thiazole rings is 1. The molecule has 5 rings (SSSR count). The van der Waals surface area contributed by atoms with Gasteiger partial charge in [0.1, 0.15) is 0 Å². The molecule has 0 spiro atoms. The topological polar surface area (TPSA) is 57.9 Å². The Kier molecular flexibility index (Phi) is 5.06. The predicted molar refractivity (Wildman–Crippen MR) is 119 cm³/mol. The van der Waals surface area contributed by atoms with Gasteiger partial charge in [0.2, 0.25) is 5.91 Å². The Morgan fingerprint density at radius 3 is 2.70 bits per heavy atom. The number of hydrogen-bond donors (Lipinski definition) is 0. The maximum atomic E-state index is 12.9. The molecule has 6 nitrogen and oxygen atoms in total. The van der Waals surface area contributed by atoms with E-state index in [2.05, 4.69) is 28.1 Å². The van der Waals surface area contributed by atoms with Gasteiger partial charge in [0.15, 0.2) is 4.96 Å². The first-order valence-electron chi connectivity index (χ1n) is 10.1. The SMILES string of the molecule is O=C(Cc1cccc2ccccc12)N1CCN(Cc2cc(=O)n3ccsc3n2)CC1. The van der Waals surface area contributed by atoms with Crippen molar-refractivity contribution in [2.45, 2.75) is 13.0 Å². The normalized spacial score (nSPS) is 15.1. The molecule has 0 N–H and O–H groups in total. The number of carbonyl (C=O) groups is 1. The van der Waals surface area contributed by atoms with Crippen LogP contribution < -0.4 is 5.56 Å². The first-order chi connectivity index (χ1) is 14.7. The molecule has 1 aliphatic rings. The maximum Gasteiger partial charge on any atom is 0.258 e. The Morgan fingerprint density at radius 2 is 1.83 bits per heavy atom. The number of fused-ring (bicyclic) bond motifs is 2. The van der Waals surface area contributed by atoms with Crippen LogP contribution in [-0.2, 0) is 17.8 Å². The third-order valence-corrected chi connectivity index (χ3v) is 6.45. The van der Waals surface area contributed by atoms with Crippen molar-refractivity contribution in [1.82, 2.24) is 19.2 Å². The van der Waals surface area contributed by atoms with Gasteiger partial charge in [-0.15, -0.1) is 11.3 Å². The summed E-state index contributed by atoms with van der Waals surface area (Å²) in [5.41, 5.74) is 1.83. The molecule has 0 saturated carbocycles. The average Bonchev–Trinajstić information content (AvgIpc) is 3.24. The van der Waals surface area contributed by atoms with Crippen molar-refractivity contribution in [2.24, 2.45) is 0 Å². The molecule has 152 valence electrons. The van der Waals surface area contributed by atoms with Crippen molar-refractivity contribution >= 4 is 33.0 Å². The summed E-state index contributed by atoms with van der Waals surface area (Å²) in [7, 11) is 0. The van der Waals surface area contributed by atoms with Crippen LogP contribution >= 0.6 is 11.3 Å². The number of benzene rings is 2. The highest BCUT2D eigenvalue weighted by Crippen LogP contribution is 2.20. The monoisotopic (exact) mass is 418 g/mol. The molecule has 0 bridgehead atoms. The summed E-state index contributed by atoms with van der Waals surface area (Å²) in [6, 6.07) is 15.9. The molecule has 4 aromatic rings. The fourth-order valence-electron chi connectivity index (χ4n) is 4.07. The van der Waals surface area contributed by atoms with Gasteiger partial charge < -0.3 is 4.90 Å². The predicted octanol–water partition coefficient (Wildman–Crippen LogP) is 2.80. The summed E-state index contributed by atoms with van der Waals surface area (Å²) in [6.45, 7) is 3.60. The number of piperazine rings is 1. The van der Waals surface area contributed by atoms with Gasteiger partial charge >= 0.3 is 0 Å². The molecule has 7 heteroatoms. The average molecular weight is 419 g/mol. The zero-order chi connectivity index (χ0) is 20.5. The molecular weight excluding hydrogens is 396 g/mol. The first kappa shape index (κ1) is 19.0. The molecule has 0 unspecified atom stereocenters. The molecule has 30 heavy (non-hydrogen) atoms. The Bertz CT molecular complexity index is 1270. The molecule has 0 aliphatic carbocycles. The van der Waals surface area contributed by atoms with Gasteiger partial charge in [-0.2, -0.15) is 0 Å². The molecule has 3 heterocycles. The van der Waals surface area contributed by atoms with E-state index < -0.39 is 0 Å². The van der Waals surface area contributed by atoms with E-state index in [1.54, 1.807) is 16.7 Å².